The average Bonchev–Trinajstić information content (AvgIpc) is 2.79. The van der Waals surface area contributed by atoms with Crippen molar-refractivity contribution in [2.45, 2.75) is 13.0 Å². The summed E-state index contributed by atoms with van der Waals surface area (Å²) in [5.41, 5.74) is 3.24. The second-order valence-electron chi connectivity index (χ2n) is 8.96. The van der Waals surface area contributed by atoms with Gasteiger partial charge >= 0.3 is 10.5 Å². The number of nitrogens with zero attached hydrogens (tertiary/aromatic N) is 3. The fraction of sp³-hybridized carbons (Fsp3) is 0.304. The maximum absolute atomic E-state index is 13.1. The van der Waals surface area contributed by atoms with E-state index < -0.39 is 17.6 Å². The van der Waals surface area contributed by atoms with Gasteiger partial charge in [0.1, 0.15) is 23.7 Å². The lowest BCUT2D eigenvalue weighted by Crippen LogP contribution is -2.26. The van der Waals surface area contributed by atoms with Crippen molar-refractivity contribution in [3.63, 3.8) is 0 Å². The predicted molar refractivity (Wildman–Crippen MR) is 157 cm³/mol. The highest BCUT2D eigenvalue weighted by atomic mass is 35.5. The van der Waals surface area contributed by atoms with E-state index in [-0.39, 0.29) is 53.0 Å². The van der Waals surface area contributed by atoms with Gasteiger partial charge in [-0.25, -0.2) is 4.98 Å². The molecule has 0 aliphatic carbocycles. The second-order valence-corrected chi connectivity index (χ2v) is 13.5. The number of halogens is 4. The summed E-state index contributed by atoms with van der Waals surface area (Å²) >= 11 is 6.33. The minimum atomic E-state index is -5.25. The Labute approximate surface area is 244 Å². The van der Waals surface area contributed by atoms with Crippen LogP contribution in [0.3, 0.4) is 0 Å². The number of hydrogen-bond donors (Lipinski definition) is 2. The van der Waals surface area contributed by atoms with Gasteiger partial charge < -0.3 is 29.0 Å². The molecule has 3 aromatic rings. The molecule has 1 aliphatic heterocycles. The second kappa shape index (κ2) is 12.9. The monoisotopic (exact) mass is 641 g/mol. The summed E-state index contributed by atoms with van der Waals surface area (Å²) in [7, 11) is -4.47. The van der Waals surface area contributed by atoms with Crippen molar-refractivity contribution >= 4 is 82.5 Å². The van der Waals surface area contributed by atoms with Crippen LogP contribution in [0.15, 0.2) is 36.5 Å². The minimum Gasteiger partial charge on any atom is -0.495 e. The van der Waals surface area contributed by atoms with Crippen LogP contribution in [0.2, 0.25) is 5.02 Å². The number of ether oxygens (including phenoxy) is 1. The lowest BCUT2D eigenvalue weighted by Gasteiger charge is -2.26. The van der Waals surface area contributed by atoms with Crippen molar-refractivity contribution in [2.24, 2.45) is 0 Å². The van der Waals surface area contributed by atoms with Crippen LogP contribution in [0.5, 0.6) is 11.5 Å². The van der Waals surface area contributed by atoms with E-state index in [1.807, 2.05) is 12.1 Å². The Hall–Kier alpha value is -2.34. The van der Waals surface area contributed by atoms with E-state index in [9.17, 15) is 16.9 Å². The molecule has 0 fully saturated rings. The highest BCUT2D eigenvalue weighted by molar-refractivity contribution is 7.81. The predicted octanol–water partition coefficient (Wildman–Crippen LogP) is 5.30. The van der Waals surface area contributed by atoms with Crippen LogP contribution < -0.4 is 24.9 Å². The van der Waals surface area contributed by atoms with Gasteiger partial charge in [-0.15, -0.1) is 24.8 Å². The van der Waals surface area contributed by atoms with Crippen molar-refractivity contribution in [2.75, 3.05) is 44.7 Å². The Bertz CT molecular complexity index is 1510. The molecule has 2 aromatic carbocycles. The third kappa shape index (κ3) is 8.33. The van der Waals surface area contributed by atoms with Gasteiger partial charge in [0, 0.05) is 24.5 Å². The molecule has 16 heteroatoms. The number of hydrogen-bond acceptors (Lipinski definition) is 10. The summed E-state index contributed by atoms with van der Waals surface area (Å²) in [5.74, 6) is 0.667. The molecular weight excluding hydrogens is 615 g/mol. The van der Waals surface area contributed by atoms with Crippen molar-refractivity contribution in [3.8, 4) is 11.5 Å². The number of nitrogens with one attached hydrogen (secondary N) is 2. The van der Waals surface area contributed by atoms with Gasteiger partial charge in [-0.2, -0.15) is 13.4 Å². The van der Waals surface area contributed by atoms with Gasteiger partial charge in [-0.1, -0.05) is 15.5 Å². The first kappa shape index (κ1) is 32.9. The molecule has 2 heterocycles. The van der Waals surface area contributed by atoms with Gasteiger partial charge in [0.15, 0.2) is 5.82 Å². The number of aromatic nitrogens is 2. The zero-order chi connectivity index (χ0) is 27.0. The van der Waals surface area contributed by atoms with Gasteiger partial charge in [0.25, 0.3) is 0 Å². The first-order chi connectivity index (χ1) is 17.3. The first-order valence-corrected chi connectivity index (χ1v) is 15.4. The highest BCUT2D eigenvalue weighted by Crippen LogP contribution is 2.40. The molecule has 10 nitrogen and oxygen atoms in total. The summed E-state index contributed by atoms with van der Waals surface area (Å²) < 4.78 is 57.8. The zero-order valence-electron chi connectivity index (χ0n) is 21.4. The molecule has 0 atom stereocenters. The molecule has 0 bridgehead atoms. The standard InChI is InChI=1S/C23H26ClFN5O5PS.2ClH/c1-30-8-7-14-10-20(34-2)18(9-15(14)13-30)28-23-26-12-17(24)22(29-23)27-19-11-16(35-37(25,32)33)5-6-21(19)36(3,4)31;;/h5-6,9-12H,7-8,13H2,1-4H3,(H2,26,27,28,29);2*1H. The molecule has 0 amide bonds. The van der Waals surface area contributed by atoms with Crippen LogP contribution in [0.1, 0.15) is 11.1 Å². The van der Waals surface area contributed by atoms with E-state index in [1.165, 1.54) is 43.3 Å². The molecule has 1 aromatic heterocycles. The van der Waals surface area contributed by atoms with E-state index in [1.54, 1.807) is 7.11 Å². The smallest absolute Gasteiger partial charge is 0.488 e. The Balaban J connectivity index is 0.00000267. The number of benzene rings is 2. The maximum atomic E-state index is 13.1. The van der Waals surface area contributed by atoms with E-state index >= 15 is 0 Å². The van der Waals surface area contributed by atoms with Gasteiger partial charge in [-0.3, -0.25) is 0 Å². The Morgan fingerprint density at radius 1 is 1.10 bits per heavy atom. The molecule has 0 spiro atoms. The molecule has 0 unspecified atom stereocenters. The lowest BCUT2D eigenvalue weighted by atomic mass is 9.99. The van der Waals surface area contributed by atoms with Gasteiger partial charge in [0.2, 0.25) is 5.95 Å². The topological polar surface area (TPSA) is 123 Å². The summed E-state index contributed by atoms with van der Waals surface area (Å²) in [6.07, 6.45) is 2.29. The molecule has 4 rings (SSSR count). The number of rotatable bonds is 8. The maximum Gasteiger partial charge on any atom is 0.488 e. The molecule has 214 valence electrons. The van der Waals surface area contributed by atoms with Crippen molar-refractivity contribution in [3.05, 3.63) is 52.7 Å². The largest absolute Gasteiger partial charge is 0.495 e. The molecule has 1 aliphatic rings. The molecule has 0 saturated carbocycles. The molecule has 39 heavy (non-hydrogen) atoms. The highest BCUT2D eigenvalue weighted by Gasteiger charge is 2.21. The third-order valence-corrected chi connectivity index (χ3v) is 7.93. The fourth-order valence-corrected chi connectivity index (χ4v) is 5.62. The van der Waals surface area contributed by atoms with Crippen molar-refractivity contribution in [1.82, 2.24) is 14.9 Å². The van der Waals surface area contributed by atoms with Crippen LogP contribution in [-0.4, -0.2) is 57.3 Å². The van der Waals surface area contributed by atoms with Crippen LogP contribution in [0.25, 0.3) is 0 Å². The Morgan fingerprint density at radius 3 is 2.46 bits per heavy atom. The number of likely N-dealkylation sites (N-methyl/N-ethyl adjacent to an activating group) is 1. The fourth-order valence-electron chi connectivity index (χ4n) is 4.01. The quantitative estimate of drug-likeness (QED) is 0.247. The Morgan fingerprint density at radius 2 is 1.82 bits per heavy atom. The third-order valence-electron chi connectivity index (χ3n) is 5.71. The van der Waals surface area contributed by atoms with Crippen molar-refractivity contribution < 1.29 is 25.8 Å². The molecule has 0 radical (unpaired) electrons. The zero-order valence-corrected chi connectivity index (χ0v) is 25.5. The van der Waals surface area contributed by atoms with Crippen LogP contribution in [0.4, 0.5) is 27.0 Å². The van der Waals surface area contributed by atoms with Gasteiger partial charge in [0.05, 0.1) is 24.7 Å². The normalized spacial score (nSPS) is 13.4. The number of methoxy groups -OCH3 is 1. The molecular formula is C23H28Cl3FN5O5PS. The van der Waals surface area contributed by atoms with Crippen LogP contribution in [-0.2, 0) is 28.0 Å². The summed E-state index contributed by atoms with van der Waals surface area (Å²) in [6.45, 7) is 4.83. The number of anilines is 4. The van der Waals surface area contributed by atoms with Crippen LogP contribution >= 0.6 is 43.6 Å². The molecule has 0 saturated heterocycles. The Kier molecular flexibility index (Phi) is 10.9. The summed E-state index contributed by atoms with van der Waals surface area (Å²) in [5, 5.41) is 6.61. The van der Waals surface area contributed by atoms with Crippen molar-refractivity contribution in [1.29, 1.82) is 0 Å². The molecule has 2 N–H and O–H groups in total. The summed E-state index contributed by atoms with van der Waals surface area (Å²) in [6, 6.07) is 7.81. The van der Waals surface area contributed by atoms with Crippen LogP contribution in [0, 0.1) is 0 Å². The van der Waals surface area contributed by atoms with Gasteiger partial charge in [-0.05, 0) is 62.2 Å². The van der Waals surface area contributed by atoms with E-state index in [0.717, 1.165) is 25.1 Å². The minimum absolute atomic E-state index is 0. The van der Waals surface area contributed by atoms with E-state index in [0.29, 0.717) is 16.7 Å². The SMILES string of the molecule is COc1cc2c(cc1Nc1ncc(Cl)c(Nc3cc(OS(=O)(=O)F)ccc3P(C)(C)=O)n1)CN(C)CC2.Cl.Cl. The first-order valence-electron chi connectivity index (χ1n) is 11.1. The van der Waals surface area contributed by atoms with E-state index in [2.05, 4.69) is 36.7 Å². The average molecular weight is 643 g/mol. The number of fused-ring (bicyclic) bond motifs is 1. The summed E-state index contributed by atoms with van der Waals surface area (Å²) in [4.78, 5) is 10.9. The lowest BCUT2D eigenvalue weighted by molar-refractivity contribution is 0.312. The van der Waals surface area contributed by atoms with E-state index in [4.69, 9.17) is 16.3 Å².